The van der Waals surface area contributed by atoms with Gasteiger partial charge >= 0.3 is 26.8 Å². The molecule has 58 valence electrons. The van der Waals surface area contributed by atoms with Crippen molar-refractivity contribution < 1.29 is 21.7 Å². The summed E-state index contributed by atoms with van der Waals surface area (Å²) < 4.78 is 5.34. The van der Waals surface area contributed by atoms with Gasteiger partial charge in [0, 0.05) is 6.61 Å². The van der Waals surface area contributed by atoms with Gasteiger partial charge in [-0.15, -0.1) is 0 Å². The second kappa shape index (κ2) is 6.89. The van der Waals surface area contributed by atoms with E-state index >= 15 is 0 Å². The predicted molar refractivity (Wildman–Crippen MR) is 40.9 cm³/mol. The zero-order valence-electron chi connectivity index (χ0n) is 7.11. The van der Waals surface area contributed by atoms with Gasteiger partial charge in [-0.1, -0.05) is 0 Å². The average molecular weight is 219 g/mol. The summed E-state index contributed by atoms with van der Waals surface area (Å²) in [6.45, 7) is 5.24. The van der Waals surface area contributed by atoms with Crippen LogP contribution in [-0.4, -0.2) is 33.9 Å². The Morgan fingerprint density at radius 1 is 1.30 bits per heavy atom. The van der Waals surface area contributed by atoms with Crippen LogP contribution in [0.25, 0.3) is 0 Å². The van der Waals surface area contributed by atoms with E-state index in [0.717, 1.165) is 6.61 Å². The van der Waals surface area contributed by atoms with E-state index in [4.69, 9.17) is 4.74 Å². The van der Waals surface area contributed by atoms with Gasteiger partial charge in [-0.3, -0.25) is 0 Å². The molecule has 1 nitrogen and oxygen atoms in total. The number of halogens is 1. The summed E-state index contributed by atoms with van der Waals surface area (Å²) in [4.78, 5) is 0. The van der Waals surface area contributed by atoms with Crippen LogP contribution in [-0.2, 0) is 4.74 Å². The maximum absolute atomic E-state index is 5.34. The van der Waals surface area contributed by atoms with Crippen LogP contribution >= 0.6 is 0 Å². The molecule has 0 spiro atoms. The molecule has 0 N–H and O–H groups in total. The molecule has 0 atom stereocenters. The molecular formula is C7H15BrMgO. The zero-order valence-corrected chi connectivity index (χ0v) is 10.1. The molecular weight excluding hydrogens is 204 g/mol. The Morgan fingerprint density at radius 3 is 1.90 bits per heavy atom. The summed E-state index contributed by atoms with van der Waals surface area (Å²) in [6, 6.07) is 0. The third-order valence-corrected chi connectivity index (χ3v) is 1.42. The number of hydrogen-bond acceptors (Lipinski definition) is 1. The van der Waals surface area contributed by atoms with Crippen molar-refractivity contribution in [2.24, 2.45) is 0 Å². The molecule has 0 unspecified atom stereocenters. The predicted octanol–water partition coefficient (Wildman–Crippen LogP) is -1.22. The average Bonchev–Trinajstić information content (AvgIpc) is 2.19. The Kier molecular flexibility index (Phi) is 9.49. The molecule has 1 aliphatic rings. The third-order valence-electron chi connectivity index (χ3n) is 1.42. The van der Waals surface area contributed by atoms with Gasteiger partial charge in [-0.05, 0) is 26.7 Å². The van der Waals surface area contributed by atoms with Crippen molar-refractivity contribution in [2.45, 2.75) is 37.3 Å². The summed E-state index contributed by atoms with van der Waals surface area (Å²) in [6.07, 6.45) is 2.47. The van der Waals surface area contributed by atoms with Crippen LogP contribution < -0.4 is 17.0 Å². The van der Waals surface area contributed by atoms with Gasteiger partial charge in [0.25, 0.3) is 0 Å². The van der Waals surface area contributed by atoms with E-state index in [-0.39, 0.29) is 22.6 Å². The standard InChI is InChI=1S/C6H12O.CH3.BrH.Mg/c1-6(2)4-3-5-7-6;;;/h3-5H2,1-2H3;1H3;1H;/q;;;+1/p-1. The van der Waals surface area contributed by atoms with Gasteiger partial charge in [0.05, 0.1) is 5.60 Å². The fourth-order valence-electron chi connectivity index (χ4n) is 0.919. The van der Waals surface area contributed by atoms with Gasteiger partial charge in [0.15, 0.2) is 0 Å². The van der Waals surface area contributed by atoms with Gasteiger partial charge in [0.1, 0.15) is 0 Å². The normalized spacial score (nSPS) is 20.5. The Labute approximate surface area is 87.1 Å². The third kappa shape index (κ3) is 5.95. The molecule has 1 heterocycles. The van der Waals surface area contributed by atoms with E-state index in [1.165, 1.54) is 12.8 Å². The van der Waals surface area contributed by atoms with Crippen molar-refractivity contribution in [2.75, 3.05) is 6.61 Å². The van der Waals surface area contributed by atoms with E-state index in [2.05, 4.69) is 13.8 Å². The Morgan fingerprint density at radius 2 is 1.80 bits per heavy atom. The molecule has 1 rings (SSSR count). The van der Waals surface area contributed by atoms with Crippen molar-refractivity contribution in [1.29, 1.82) is 0 Å². The second-order valence-corrected chi connectivity index (χ2v) is 2.71. The summed E-state index contributed by atoms with van der Waals surface area (Å²) in [5.41, 5.74) is 0.194. The molecule has 0 radical (unpaired) electrons. The van der Waals surface area contributed by atoms with Crippen molar-refractivity contribution in [3.63, 3.8) is 0 Å². The monoisotopic (exact) mass is 218 g/mol. The van der Waals surface area contributed by atoms with Crippen LogP contribution in [0.5, 0.6) is 0 Å². The molecule has 0 aromatic rings. The summed E-state index contributed by atoms with van der Waals surface area (Å²) >= 11 is 1.86. The number of ether oxygens (including phenoxy) is 1. The molecule has 0 amide bonds. The van der Waals surface area contributed by atoms with Gasteiger partial charge in [-0.25, -0.2) is 0 Å². The zero-order chi connectivity index (χ0) is 7.33. The van der Waals surface area contributed by atoms with Crippen LogP contribution in [0.15, 0.2) is 0 Å². The molecule has 1 aliphatic heterocycles. The first kappa shape index (κ1) is 13.8. The molecule has 10 heavy (non-hydrogen) atoms. The second-order valence-electron chi connectivity index (χ2n) is 2.71. The van der Waals surface area contributed by atoms with E-state index in [1.54, 1.807) is 0 Å². The van der Waals surface area contributed by atoms with Crippen LogP contribution in [0.2, 0.25) is 5.05 Å². The van der Waals surface area contributed by atoms with Crippen molar-refractivity contribution >= 4 is 21.7 Å². The quantitative estimate of drug-likeness (QED) is 0.464. The SMILES string of the molecule is CC1(C)CCCO1.[Br-].[CH3][Mg+]. The van der Waals surface area contributed by atoms with Gasteiger partial charge in [0.2, 0.25) is 0 Å². The van der Waals surface area contributed by atoms with E-state index in [1.807, 2.05) is 26.8 Å². The molecule has 0 aliphatic carbocycles. The number of hydrogen-bond donors (Lipinski definition) is 0. The van der Waals surface area contributed by atoms with Crippen molar-refractivity contribution in [3.05, 3.63) is 0 Å². The van der Waals surface area contributed by atoms with E-state index < -0.39 is 0 Å². The minimum absolute atomic E-state index is 0. The first-order valence-electron chi connectivity index (χ1n) is 3.55. The fraction of sp³-hybridized carbons (Fsp3) is 1.00. The minimum atomic E-state index is 0. The molecule has 0 aromatic heterocycles. The van der Waals surface area contributed by atoms with Gasteiger partial charge in [-0.2, -0.15) is 0 Å². The number of rotatable bonds is 0. The van der Waals surface area contributed by atoms with Crippen molar-refractivity contribution in [1.82, 2.24) is 0 Å². The Bertz CT molecular complexity index is 68.0. The summed E-state index contributed by atoms with van der Waals surface area (Å²) in [5, 5.41) is 2.03. The molecule has 0 bridgehead atoms. The maximum atomic E-state index is 5.34. The topological polar surface area (TPSA) is 9.23 Å². The van der Waals surface area contributed by atoms with Crippen molar-refractivity contribution in [3.8, 4) is 0 Å². The molecule has 0 saturated carbocycles. The molecule has 3 heteroatoms. The van der Waals surface area contributed by atoms with Crippen LogP contribution in [0, 0.1) is 0 Å². The summed E-state index contributed by atoms with van der Waals surface area (Å²) in [5.74, 6) is 0. The Hall–Kier alpha value is 1.21. The molecule has 1 fully saturated rings. The van der Waals surface area contributed by atoms with E-state index in [0.29, 0.717) is 0 Å². The van der Waals surface area contributed by atoms with Gasteiger partial charge < -0.3 is 21.7 Å². The van der Waals surface area contributed by atoms with E-state index in [9.17, 15) is 0 Å². The van der Waals surface area contributed by atoms with Crippen LogP contribution in [0.1, 0.15) is 26.7 Å². The first-order valence-corrected chi connectivity index (χ1v) is 4.97. The Balaban J connectivity index is 0. The summed E-state index contributed by atoms with van der Waals surface area (Å²) in [7, 11) is 0. The first-order chi connectivity index (χ1) is 4.21. The molecule has 1 saturated heterocycles. The van der Waals surface area contributed by atoms with Crippen LogP contribution in [0.4, 0.5) is 0 Å². The fourth-order valence-corrected chi connectivity index (χ4v) is 0.919. The van der Waals surface area contributed by atoms with Crippen LogP contribution in [0.3, 0.4) is 0 Å². The molecule has 0 aromatic carbocycles.